The molecule has 2 heterocycles. The lowest BCUT2D eigenvalue weighted by atomic mass is 10.1. The van der Waals surface area contributed by atoms with Crippen LogP contribution >= 0.6 is 11.8 Å². The van der Waals surface area contributed by atoms with Crippen molar-refractivity contribution in [1.82, 2.24) is 10.2 Å². The Morgan fingerprint density at radius 3 is 2.62 bits per heavy atom. The molecule has 126 valence electrons. The fourth-order valence-electron chi connectivity index (χ4n) is 2.87. The number of amides is 4. The second-order valence-electron chi connectivity index (χ2n) is 5.61. The number of carbonyl (C=O) groups is 4. The van der Waals surface area contributed by atoms with Crippen molar-refractivity contribution in [2.75, 3.05) is 11.9 Å². The van der Waals surface area contributed by atoms with Crippen LogP contribution in [0.25, 0.3) is 0 Å². The standard InChI is InChI=1S/C16H17N3O4S/c1-2-19(10-7-13(20)18-15(10)22)14(21)8-12-16(23)17-9-5-3-4-6-11(9)24-12/h3-6,10,12H,2,7-8H2,1H3,(H,17,23)(H,18,20,22). The quantitative estimate of drug-likeness (QED) is 0.784. The van der Waals surface area contributed by atoms with E-state index in [1.807, 2.05) is 24.3 Å². The van der Waals surface area contributed by atoms with E-state index in [-0.39, 0.29) is 30.6 Å². The average Bonchev–Trinajstić information content (AvgIpc) is 2.87. The smallest absolute Gasteiger partial charge is 0.249 e. The molecule has 0 bridgehead atoms. The van der Waals surface area contributed by atoms with Crippen LogP contribution in [-0.2, 0) is 19.2 Å². The number of carbonyl (C=O) groups excluding carboxylic acids is 4. The number of likely N-dealkylation sites (N-methyl/N-ethyl adjacent to an activating group) is 1. The Hall–Kier alpha value is -2.35. The van der Waals surface area contributed by atoms with Crippen LogP contribution in [0.3, 0.4) is 0 Å². The molecule has 2 aliphatic heterocycles. The monoisotopic (exact) mass is 347 g/mol. The number of fused-ring (bicyclic) bond motifs is 1. The number of hydrogen-bond acceptors (Lipinski definition) is 5. The van der Waals surface area contributed by atoms with Gasteiger partial charge in [-0.05, 0) is 19.1 Å². The van der Waals surface area contributed by atoms with Gasteiger partial charge >= 0.3 is 0 Å². The van der Waals surface area contributed by atoms with Gasteiger partial charge in [0.15, 0.2) is 0 Å². The van der Waals surface area contributed by atoms with Gasteiger partial charge in [0, 0.05) is 17.9 Å². The largest absolute Gasteiger partial charge is 0.330 e. The molecule has 0 saturated carbocycles. The molecule has 2 N–H and O–H groups in total. The lowest BCUT2D eigenvalue weighted by molar-refractivity contribution is -0.139. The summed E-state index contributed by atoms with van der Waals surface area (Å²) >= 11 is 1.34. The van der Waals surface area contributed by atoms with Crippen molar-refractivity contribution < 1.29 is 19.2 Å². The summed E-state index contributed by atoms with van der Waals surface area (Å²) in [6.45, 7) is 2.05. The molecule has 4 amide bonds. The van der Waals surface area contributed by atoms with Crippen LogP contribution in [0, 0.1) is 0 Å². The van der Waals surface area contributed by atoms with E-state index in [2.05, 4.69) is 10.6 Å². The van der Waals surface area contributed by atoms with E-state index in [1.165, 1.54) is 16.7 Å². The highest BCUT2D eigenvalue weighted by Crippen LogP contribution is 2.36. The Balaban J connectivity index is 1.71. The molecular weight excluding hydrogens is 330 g/mol. The minimum Gasteiger partial charge on any atom is -0.330 e. The number of nitrogens with zero attached hydrogens (tertiary/aromatic N) is 1. The first-order valence-electron chi connectivity index (χ1n) is 7.69. The number of anilines is 1. The van der Waals surface area contributed by atoms with Gasteiger partial charge in [0.1, 0.15) is 6.04 Å². The number of nitrogens with one attached hydrogen (secondary N) is 2. The van der Waals surface area contributed by atoms with Gasteiger partial charge in [-0.2, -0.15) is 0 Å². The number of thioether (sulfide) groups is 1. The minimum atomic E-state index is -0.779. The molecule has 7 nitrogen and oxygen atoms in total. The predicted octanol–water partition coefficient (Wildman–Crippen LogP) is 0.753. The van der Waals surface area contributed by atoms with Crippen molar-refractivity contribution in [2.45, 2.75) is 36.0 Å². The van der Waals surface area contributed by atoms with Gasteiger partial charge < -0.3 is 10.2 Å². The van der Waals surface area contributed by atoms with E-state index in [1.54, 1.807) is 6.92 Å². The molecule has 0 aliphatic carbocycles. The third-order valence-corrected chi connectivity index (χ3v) is 5.32. The van der Waals surface area contributed by atoms with Gasteiger partial charge in [-0.25, -0.2) is 0 Å². The molecule has 0 radical (unpaired) electrons. The topological polar surface area (TPSA) is 95.6 Å². The summed E-state index contributed by atoms with van der Waals surface area (Å²) < 4.78 is 0. The SMILES string of the molecule is CCN(C(=O)CC1Sc2ccccc2NC1=O)C1CC(=O)NC1=O. The highest BCUT2D eigenvalue weighted by molar-refractivity contribution is 8.01. The van der Waals surface area contributed by atoms with Crippen LogP contribution in [-0.4, -0.2) is 46.4 Å². The van der Waals surface area contributed by atoms with Crippen molar-refractivity contribution in [3.63, 3.8) is 0 Å². The van der Waals surface area contributed by atoms with E-state index in [0.717, 1.165) is 10.6 Å². The van der Waals surface area contributed by atoms with Crippen molar-refractivity contribution in [3.8, 4) is 0 Å². The Morgan fingerprint density at radius 2 is 1.96 bits per heavy atom. The zero-order valence-corrected chi connectivity index (χ0v) is 13.9. The Kier molecular flexibility index (Phi) is 4.57. The Morgan fingerprint density at radius 1 is 1.21 bits per heavy atom. The van der Waals surface area contributed by atoms with Gasteiger partial charge in [-0.3, -0.25) is 24.5 Å². The first-order chi connectivity index (χ1) is 11.5. The van der Waals surface area contributed by atoms with Gasteiger partial charge in [-0.1, -0.05) is 12.1 Å². The maximum Gasteiger partial charge on any atom is 0.249 e. The summed E-state index contributed by atoms with van der Waals surface area (Å²) in [4.78, 5) is 50.2. The molecule has 1 aromatic rings. The van der Waals surface area contributed by atoms with Crippen LogP contribution in [0.2, 0.25) is 0 Å². The summed E-state index contributed by atoms with van der Waals surface area (Å²) in [6, 6.07) is 6.62. The van der Waals surface area contributed by atoms with Crippen LogP contribution < -0.4 is 10.6 Å². The minimum absolute atomic E-state index is 0.0172. The van der Waals surface area contributed by atoms with Crippen molar-refractivity contribution in [2.24, 2.45) is 0 Å². The van der Waals surface area contributed by atoms with E-state index < -0.39 is 17.2 Å². The molecule has 24 heavy (non-hydrogen) atoms. The second kappa shape index (κ2) is 6.64. The first-order valence-corrected chi connectivity index (χ1v) is 8.57. The van der Waals surface area contributed by atoms with Gasteiger partial charge in [0.25, 0.3) is 0 Å². The number of imide groups is 1. The van der Waals surface area contributed by atoms with E-state index in [0.29, 0.717) is 6.54 Å². The lowest BCUT2D eigenvalue weighted by Gasteiger charge is -2.28. The molecule has 1 saturated heterocycles. The molecule has 2 unspecified atom stereocenters. The highest BCUT2D eigenvalue weighted by atomic mass is 32.2. The normalized spacial score (nSPS) is 22.6. The zero-order valence-electron chi connectivity index (χ0n) is 13.1. The molecule has 0 spiro atoms. The van der Waals surface area contributed by atoms with E-state index in [4.69, 9.17) is 0 Å². The molecule has 0 aromatic heterocycles. The van der Waals surface area contributed by atoms with E-state index in [9.17, 15) is 19.2 Å². The summed E-state index contributed by atoms with van der Waals surface area (Å²) in [5, 5.41) is 4.45. The molecule has 3 rings (SSSR count). The lowest BCUT2D eigenvalue weighted by Crippen LogP contribution is -2.46. The van der Waals surface area contributed by atoms with Crippen LogP contribution in [0.4, 0.5) is 5.69 Å². The zero-order chi connectivity index (χ0) is 17.3. The van der Waals surface area contributed by atoms with Crippen molar-refractivity contribution in [1.29, 1.82) is 0 Å². The number of para-hydroxylation sites is 1. The Labute approximate surface area is 143 Å². The van der Waals surface area contributed by atoms with Crippen molar-refractivity contribution >= 4 is 41.1 Å². The molecule has 8 heteroatoms. The van der Waals surface area contributed by atoms with Crippen molar-refractivity contribution in [3.05, 3.63) is 24.3 Å². The number of rotatable bonds is 4. The van der Waals surface area contributed by atoms with Crippen LogP contribution in [0.5, 0.6) is 0 Å². The van der Waals surface area contributed by atoms with Crippen LogP contribution in [0.15, 0.2) is 29.2 Å². The maximum absolute atomic E-state index is 12.6. The molecule has 2 atom stereocenters. The fourth-order valence-corrected chi connectivity index (χ4v) is 3.97. The van der Waals surface area contributed by atoms with Gasteiger partial charge in [-0.15, -0.1) is 11.8 Å². The molecular formula is C16H17N3O4S. The van der Waals surface area contributed by atoms with Gasteiger partial charge in [0.05, 0.1) is 17.4 Å². The summed E-state index contributed by atoms with van der Waals surface area (Å²) in [5.41, 5.74) is 0.740. The first kappa shape index (κ1) is 16.5. The highest BCUT2D eigenvalue weighted by Gasteiger charge is 2.38. The summed E-state index contributed by atoms with van der Waals surface area (Å²) in [5.74, 6) is -1.37. The predicted molar refractivity (Wildman–Crippen MR) is 88.3 cm³/mol. The second-order valence-corrected chi connectivity index (χ2v) is 6.85. The molecule has 1 fully saturated rings. The fraction of sp³-hybridized carbons (Fsp3) is 0.375. The molecule has 2 aliphatic rings. The summed E-state index contributed by atoms with van der Waals surface area (Å²) in [6.07, 6.45) is -0.0398. The van der Waals surface area contributed by atoms with Gasteiger partial charge in [0.2, 0.25) is 23.6 Å². The third-order valence-electron chi connectivity index (χ3n) is 4.05. The molecule has 1 aromatic carbocycles. The number of hydrogen-bond donors (Lipinski definition) is 2. The maximum atomic E-state index is 12.6. The van der Waals surface area contributed by atoms with Crippen LogP contribution in [0.1, 0.15) is 19.8 Å². The summed E-state index contributed by atoms with van der Waals surface area (Å²) in [7, 11) is 0. The van der Waals surface area contributed by atoms with E-state index >= 15 is 0 Å². The third kappa shape index (κ3) is 3.14. The average molecular weight is 347 g/mol. The number of benzene rings is 1. The Bertz CT molecular complexity index is 721.